The van der Waals surface area contributed by atoms with Crippen LogP contribution in [0, 0.1) is 5.82 Å². The van der Waals surface area contributed by atoms with Crippen LogP contribution >= 0.6 is 0 Å². The number of alkyl halides is 2. The molecule has 2 bridgehead atoms. The third-order valence-corrected chi connectivity index (χ3v) is 3.25. The third-order valence-electron chi connectivity index (χ3n) is 3.25. The number of nitrogens with one attached hydrogen (secondary N) is 1. The number of nitrogens with zero attached hydrogens (tertiary/aromatic N) is 3. The molecule has 2 atom stereocenters. The number of aliphatic carboxylic acids is 1. The van der Waals surface area contributed by atoms with Gasteiger partial charge in [-0.2, -0.15) is 8.78 Å². The minimum absolute atomic E-state index is 0.325. The van der Waals surface area contributed by atoms with Gasteiger partial charge in [-0.05, 0) is 6.42 Å². The summed E-state index contributed by atoms with van der Waals surface area (Å²) in [5, 5.41) is 10.9. The second-order valence-electron chi connectivity index (χ2n) is 5.09. The molecule has 3 aliphatic heterocycles. The average molecular weight is 304 g/mol. The van der Waals surface area contributed by atoms with Crippen LogP contribution in [-0.2, 0) is 4.79 Å². The van der Waals surface area contributed by atoms with E-state index in [1.165, 1.54) is 18.9 Å². The van der Waals surface area contributed by atoms with Crippen molar-refractivity contribution in [3.05, 3.63) is 18.3 Å². The topological polar surface area (TPSA) is 78.3 Å². The highest BCUT2D eigenvalue weighted by Gasteiger charge is 2.37. The van der Waals surface area contributed by atoms with Gasteiger partial charge in [0.1, 0.15) is 6.33 Å². The Balaban J connectivity index is 0.000000199. The molecule has 1 aromatic heterocycles. The van der Waals surface area contributed by atoms with Crippen LogP contribution in [0.15, 0.2) is 12.5 Å². The van der Waals surface area contributed by atoms with Crippen LogP contribution in [0.1, 0.15) is 13.3 Å². The van der Waals surface area contributed by atoms with Crippen molar-refractivity contribution in [2.45, 2.75) is 31.4 Å². The molecular weight excluding hydrogens is 289 g/mol. The van der Waals surface area contributed by atoms with E-state index in [1.54, 1.807) is 0 Å². The first-order valence-electron chi connectivity index (χ1n) is 6.35. The lowest BCUT2D eigenvalue weighted by Crippen LogP contribution is -2.67. The Bertz CT molecular complexity index is 507. The zero-order valence-electron chi connectivity index (χ0n) is 11.3. The zero-order valence-corrected chi connectivity index (χ0v) is 11.3. The highest BCUT2D eigenvalue weighted by atomic mass is 19.3. The minimum atomic E-state index is -3.58. The van der Waals surface area contributed by atoms with Gasteiger partial charge in [-0.1, -0.05) is 0 Å². The monoisotopic (exact) mass is 304 g/mol. The van der Waals surface area contributed by atoms with E-state index in [1.807, 2.05) is 4.90 Å². The molecule has 0 amide bonds. The summed E-state index contributed by atoms with van der Waals surface area (Å²) in [6, 6.07) is 1.03. The Hall–Kier alpha value is -1.90. The molecular formula is C12H15F3N4O2. The van der Waals surface area contributed by atoms with Gasteiger partial charge in [0.05, 0.1) is 6.20 Å². The molecule has 1 aromatic rings. The molecule has 21 heavy (non-hydrogen) atoms. The fraction of sp³-hybridized carbons (Fsp3) is 0.583. The third kappa shape index (κ3) is 3.81. The van der Waals surface area contributed by atoms with Crippen LogP contribution in [-0.4, -0.2) is 52.1 Å². The van der Waals surface area contributed by atoms with E-state index < -0.39 is 11.9 Å². The quantitative estimate of drug-likeness (QED) is 0.845. The number of piperazine rings is 1. The molecule has 0 radical (unpaired) electrons. The van der Waals surface area contributed by atoms with E-state index in [2.05, 4.69) is 15.3 Å². The van der Waals surface area contributed by atoms with E-state index in [9.17, 15) is 18.0 Å². The van der Waals surface area contributed by atoms with Crippen molar-refractivity contribution in [3.8, 4) is 0 Å². The summed E-state index contributed by atoms with van der Waals surface area (Å²) in [5.74, 6) is -5.56. The lowest BCUT2D eigenvalue weighted by atomic mass is 9.91. The Morgan fingerprint density at radius 3 is 2.43 bits per heavy atom. The van der Waals surface area contributed by atoms with Gasteiger partial charge < -0.3 is 15.3 Å². The Labute approximate surface area is 119 Å². The van der Waals surface area contributed by atoms with Gasteiger partial charge in [-0.25, -0.2) is 19.2 Å². The van der Waals surface area contributed by atoms with Crippen molar-refractivity contribution >= 4 is 11.8 Å². The van der Waals surface area contributed by atoms with Crippen LogP contribution in [0.3, 0.4) is 0 Å². The number of hydrogen-bond donors (Lipinski definition) is 2. The molecule has 0 saturated carbocycles. The van der Waals surface area contributed by atoms with Gasteiger partial charge in [0.25, 0.3) is 0 Å². The van der Waals surface area contributed by atoms with Crippen LogP contribution in [0.2, 0.25) is 0 Å². The second-order valence-corrected chi connectivity index (χ2v) is 5.09. The first-order chi connectivity index (χ1) is 9.77. The Morgan fingerprint density at radius 1 is 1.48 bits per heavy atom. The number of rotatable bonds is 2. The number of aromatic nitrogens is 2. The molecule has 2 unspecified atom stereocenters. The molecule has 0 spiro atoms. The molecule has 3 aliphatic rings. The summed E-state index contributed by atoms with van der Waals surface area (Å²) in [6.45, 7) is 2.03. The maximum atomic E-state index is 13.3. The summed E-state index contributed by atoms with van der Waals surface area (Å²) >= 11 is 0. The Morgan fingerprint density at radius 2 is 2.00 bits per heavy atom. The van der Waals surface area contributed by atoms with E-state index >= 15 is 0 Å². The molecule has 4 rings (SSSR count). The molecule has 3 saturated heterocycles. The number of carboxylic acid groups (broad SMARTS) is 1. The lowest BCUT2D eigenvalue weighted by Gasteiger charge is -2.48. The van der Waals surface area contributed by atoms with Crippen molar-refractivity contribution in [2.75, 3.05) is 18.0 Å². The van der Waals surface area contributed by atoms with Crippen molar-refractivity contribution < 1.29 is 23.1 Å². The number of fused-ring (bicyclic) bond motifs is 2. The van der Waals surface area contributed by atoms with Crippen molar-refractivity contribution in [1.82, 2.24) is 15.3 Å². The van der Waals surface area contributed by atoms with Gasteiger partial charge >= 0.3 is 11.9 Å². The normalized spacial score (nSPS) is 23.7. The average Bonchev–Trinajstić information content (AvgIpc) is 2.38. The van der Waals surface area contributed by atoms with E-state index in [0.717, 1.165) is 13.1 Å². The van der Waals surface area contributed by atoms with Crippen molar-refractivity contribution in [3.63, 3.8) is 0 Å². The zero-order chi connectivity index (χ0) is 15.6. The van der Waals surface area contributed by atoms with Crippen LogP contribution in [0.25, 0.3) is 0 Å². The highest BCUT2D eigenvalue weighted by molar-refractivity contribution is 5.74. The second kappa shape index (κ2) is 5.84. The standard InChI is InChI=1S/C9H11FN4.C3H4F2O2/c10-8-2-11-5-12-9(8)14-3-6-1-7(4-14)13-6;1-3(4,5)2(6)7/h2,5-7,13H,1,3-4H2;1H3,(H,6,7). The molecule has 4 heterocycles. The summed E-state index contributed by atoms with van der Waals surface area (Å²) in [5.41, 5.74) is 0. The van der Waals surface area contributed by atoms with Crippen LogP contribution < -0.4 is 10.2 Å². The fourth-order valence-corrected chi connectivity index (χ4v) is 2.23. The van der Waals surface area contributed by atoms with Gasteiger partial charge in [0.15, 0.2) is 11.6 Å². The number of piperidine rings is 1. The lowest BCUT2D eigenvalue weighted by molar-refractivity contribution is -0.161. The van der Waals surface area contributed by atoms with Gasteiger partial charge in [-0.3, -0.25) is 0 Å². The molecule has 2 N–H and O–H groups in total. The molecule has 0 aromatic carbocycles. The highest BCUT2D eigenvalue weighted by Crippen LogP contribution is 2.25. The molecule has 116 valence electrons. The fourth-order valence-electron chi connectivity index (χ4n) is 2.23. The van der Waals surface area contributed by atoms with E-state index in [-0.39, 0.29) is 5.82 Å². The summed E-state index contributed by atoms with van der Waals surface area (Å²) in [4.78, 5) is 18.9. The predicted molar refractivity (Wildman–Crippen MR) is 67.8 cm³/mol. The minimum Gasteiger partial charge on any atom is -0.477 e. The van der Waals surface area contributed by atoms with Crippen molar-refractivity contribution in [1.29, 1.82) is 0 Å². The number of carbonyl (C=O) groups is 1. The van der Waals surface area contributed by atoms with E-state index in [0.29, 0.717) is 24.8 Å². The summed E-state index contributed by atoms with van der Waals surface area (Å²) in [6.07, 6.45) is 3.82. The predicted octanol–water partition coefficient (Wildman–Crippen LogP) is 0.892. The largest absolute Gasteiger partial charge is 0.477 e. The van der Waals surface area contributed by atoms with E-state index in [4.69, 9.17) is 5.11 Å². The summed E-state index contributed by atoms with van der Waals surface area (Å²) in [7, 11) is 0. The Kier molecular flexibility index (Phi) is 4.31. The first kappa shape index (κ1) is 15.5. The van der Waals surface area contributed by atoms with Gasteiger partial charge in [-0.15, -0.1) is 0 Å². The maximum Gasteiger partial charge on any atom is 0.374 e. The summed E-state index contributed by atoms with van der Waals surface area (Å²) < 4.78 is 35.8. The molecule has 9 heteroatoms. The van der Waals surface area contributed by atoms with Crippen LogP contribution in [0.4, 0.5) is 19.0 Å². The SMILES string of the molecule is CC(F)(F)C(=O)O.Fc1cncnc1N1CC2CC(C1)N2. The maximum absolute atomic E-state index is 13.3. The molecule has 3 fully saturated rings. The number of halogens is 3. The molecule has 6 nitrogen and oxygen atoms in total. The van der Waals surface area contributed by atoms with Crippen molar-refractivity contribution in [2.24, 2.45) is 0 Å². The number of anilines is 1. The van der Waals surface area contributed by atoms with Gasteiger partial charge in [0, 0.05) is 32.1 Å². The number of carboxylic acids is 1. The van der Waals surface area contributed by atoms with Crippen LogP contribution in [0.5, 0.6) is 0 Å². The van der Waals surface area contributed by atoms with Gasteiger partial charge in [0.2, 0.25) is 0 Å². The molecule has 0 aliphatic carbocycles. The first-order valence-corrected chi connectivity index (χ1v) is 6.35. The number of hydrogen-bond acceptors (Lipinski definition) is 5. The smallest absolute Gasteiger partial charge is 0.374 e.